The molecule has 0 unspecified atom stereocenters. The van der Waals surface area contributed by atoms with Crippen molar-refractivity contribution in [2.45, 2.75) is 6.92 Å². The predicted octanol–water partition coefficient (Wildman–Crippen LogP) is 2.55. The van der Waals surface area contributed by atoms with Crippen LogP contribution < -0.4 is 5.32 Å². The van der Waals surface area contributed by atoms with Gasteiger partial charge in [-0.15, -0.1) is 11.5 Å². The second-order valence-corrected chi connectivity index (χ2v) is 5.60. The Bertz CT molecular complexity index is 1100. The molecule has 1 amide bonds. The second-order valence-electron chi connectivity index (χ2n) is 5.60. The minimum absolute atomic E-state index is 0.0324. The summed E-state index contributed by atoms with van der Waals surface area (Å²) < 4.78 is 14.4. The van der Waals surface area contributed by atoms with Crippen LogP contribution in [0.25, 0.3) is 5.69 Å². The van der Waals surface area contributed by atoms with Crippen LogP contribution in [0, 0.1) is 18.2 Å². The zero-order valence-electron chi connectivity index (χ0n) is 14.1. The molecule has 0 aliphatic carbocycles. The van der Waals surface area contributed by atoms with Crippen LogP contribution in [0.4, 0.5) is 10.1 Å². The third-order valence-electron chi connectivity index (χ3n) is 3.75. The minimum Gasteiger partial charge on any atom is -0.505 e. The van der Waals surface area contributed by atoms with Gasteiger partial charge >= 0.3 is 0 Å². The van der Waals surface area contributed by atoms with Crippen LogP contribution in [-0.4, -0.2) is 31.8 Å². The van der Waals surface area contributed by atoms with Gasteiger partial charge in [-0.2, -0.15) is 0 Å². The van der Waals surface area contributed by atoms with Crippen molar-refractivity contribution >= 4 is 17.4 Å². The van der Waals surface area contributed by atoms with Crippen LogP contribution in [0.1, 0.15) is 33.3 Å². The summed E-state index contributed by atoms with van der Waals surface area (Å²) in [4.78, 5) is 24.0. The zero-order valence-corrected chi connectivity index (χ0v) is 14.1. The van der Waals surface area contributed by atoms with Crippen LogP contribution >= 0.6 is 0 Å². The van der Waals surface area contributed by atoms with Gasteiger partial charge in [0.25, 0.3) is 5.91 Å². The van der Waals surface area contributed by atoms with E-state index in [2.05, 4.69) is 21.5 Å². The second kappa shape index (κ2) is 7.09. The maximum absolute atomic E-state index is 13.2. The fraction of sp³-hybridized carbons (Fsp3) is 0.0526. The van der Waals surface area contributed by atoms with Crippen molar-refractivity contribution in [2.24, 2.45) is 0 Å². The van der Waals surface area contributed by atoms with E-state index >= 15 is 0 Å². The number of hydrogen-bond acceptors (Lipinski definition) is 5. The highest BCUT2D eigenvalue weighted by Crippen LogP contribution is 2.20. The van der Waals surface area contributed by atoms with E-state index in [9.17, 15) is 19.1 Å². The monoisotopic (exact) mass is 364 g/mol. The Morgan fingerprint density at radius 1 is 1.26 bits per heavy atom. The number of halogens is 1. The third kappa shape index (κ3) is 3.67. The van der Waals surface area contributed by atoms with Gasteiger partial charge in [0.2, 0.25) is 0 Å². The lowest BCUT2D eigenvalue weighted by molar-refractivity contribution is 0.100. The first-order valence-corrected chi connectivity index (χ1v) is 7.73. The van der Waals surface area contributed by atoms with Gasteiger partial charge in [0.15, 0.2) is 23.0 Å². The molecule has 3 rings (SSSR count). The van der Waals surface area contributed by atoms with Gasteiger partial charge in [-0.1, -0.05) is 17.2 Å². The van der Waals surface area contributed by atoms with E-state index < -0.39 is 17.5 Å². The number of nitrogens with one attached hydrogen (secondary N) is 1. The summed E-state index contributed by atoms with van der Waals surface area (Å²) in [5.74, 6) is 0.346. The number of anilines is 1. The van der Waals surface area contributed by atoms with Crippen molar-refractivity contribution in [3.05, 3.63) is 65.2 Å². The number of benzene rings is 2. The average molecular weight is 364 g/mol. The number of phenolic OH excluding ortho intramolecular Hbond substituents is 1. The highest BCUT2D eigenvalue weighted by molar-refractivity contribution is 6.04. The van der Waals surface area contributed by atoms with Crippen LogP contribution in [0.3, 0.4) is 0 Å². The number of nitrogens with zero attached hydrogens (tertiary/aromatic N) is 3. The molecule has 2 N–H and O–H groups in total. The van der Waals surface area contributed by atoms with Gasteiger partial charge in [-0.25, -0.2) is 9.07 Å². The Balaban J connectivity index is 1.87. The lowest BCUT2D eigenvalue weighted by Gasteiger charge is -2.07. The predicted molar refractivity (Wildman–Crippen MR) is 95.3 cm³/mol. The number of carbonyl (C=O) groups excluding carboxylic acids is 2. The molecule has 7 nitrogen and oxygen atoms in total. The molecule has 27 heavy (non-hydrogen) atoms. The van der Waals surface area contributed by atoms with Crippen LogP contribution in [0.2, 0.25) is 0 Å². The molecule has 0 saturated heterocycles. The van der Waals surface area contributed by atoms with Gasteiger partial charge in [-0.05, 0) is 31.2 Å². The van der Waals surface area contributed by atoms with E-state index in [1.54, 1.807) is 12.1 Å². The highest BCUT2D eigenvalue weighted by atomic mass is 19.1. The topological polar surface area (TPSA) is 97.1 Å². The van der Waals surface area contributed by atoms with Gasteiger partial charge in [0.1, 0.15) is 0 Å². The molecule has 0 bridgehead atoms. The number of aromatic nitrogens is 3. The Hall–Kier alpha value is -3.99. The number of terminal acetylenes is 1. The standard InChI is InChI=1S/C19H13FN4O3/c1-3-12-4-5-13(11(2)25)8-16(12)21-19(27)17-10-24(23-22-17)14-6-7-15(20)18(26)9-14/h1,4-10,26H,2H3,(H,21,27). The van der Waals surface area contributed by atoms with E-state index in [1.165, 1.54) is 29.9 Å². The SMILES string of the molecule is C#Cc1ccc(C(C)=O)cc1NC(=O)c1cn(-c2ccc(F)c(O)c2)nn1. The molecule has 0 atom stereocenters. The number of Topliss-reactive ketones (excluding diaryl/α,β-unsaturated/α-hetero) is 1. The molecule has 8 heteroatoms. The lowest BCUT2D eigenvalue weighted by Crippen LogP contribution is -2.14. The molecule has 0 radical (unpaired) electrons. The average Bonchev–Trinajstić information content (AvgIpc) is 3.14. The van der Waals surface area contributed by atoms with Gasteiger partial charge in [0, 0.05) is 17.2 Å². The van der Waals surface area contributed by atoms with Crippen molar-refractivity contribution in [3.8, 4) is 23.8 Å². The van der Waals surface area contributed by atoms with Crippen LogP contribution in [-0.2, 0) is 0 Å². The first-order chi connectivity index (χ1) is 12.9. The van der Waals surface area contributed by atoms with Gasteiger partial charge in [0.05, 0.1) is 17.6 Å². The summed E-state index contributed by atoms with van der Waals surface area (Å²) >= 11 is 0. The number of carbonyl (C=O) groups is 2. The molecule has 0 aliphatic heterocycles. The highest BCUT2D eigenvalue weighted by Gasteiger charge is 2.15. The van der Waals surface area contributed by atoms with Gasteiger partial charge < -0.3 is 10.4 Å². The largest absolute Gasteiger partial charge is 0.505 e. The van der Waals surface area contributed by atoms with Crippen LogP contribution in [0.15, 0.2) is 42.6 Å². The van der Waals surface area contributed by atoms with Gasteiger partial charge in [-0.3, -0.25) is 9.59 Å². The smallest absolute Gasteiger partial charge is 0.277 e. The summed E-state index contributed by atoms with van der Waals surface area (Å²) in [6, 6.07) is 8.21. The van der Waals surface area contributed by atoms with Crippen molar-refractivity contribution in [3.63, 3.8) is 0 Å². The third-order valence-corrected chi connectivity index (χ3v) is 3.75. The molecular weight excluding hydrogens is 351 g/mol. The maximum atomic E-state index is 13.2. The summed E-state index contributed by atoms with van der Waals surface area (Å²) in [5.41, 5.74) is 1.39. The van der Waals surface area contributed by atoms with Crippen LogP contribution in [0.5, 0.6) is 5.75 Å². The molecule has 2 aromatic carbocycles. The molecule has 0 fully saturated rings. The van der Waals surface area contributed by atoms with Crippen molar-refractivity contribution in [1.29, 1.82) is 0 Å². The number of ketones is 1. The summed E-state index contributed by atoms with van der Waals surface area (Å²) in [6.45, 7) is 1.40. The van der Waals surface area contributed by atoms with E-state index in [1.807, 2.05) is 0 Å². The first kappa shape index (κ1) is 17.8. The molecule has 1 aromatic heterocycles. The first-order valence-electron chi connectivity index (χ1n) is 7.73. The number of phenols is 1. The molecule has 134 valence electrons. The van der Waals surface area contributed by atoms with E-state index in [0.29, 0.717) is 22.5 Å². The zero-order chi connectivity index (χ0) is 19.6. The maximum Gasteiger partial charge on any atom is 0.277 e. The summed E-state index contributed by atoms with van der Waals surface area (Å²) in [7, 11) is 0. The molecule has 3 aromatic rings. The van der Waals surface area contributed by atoms with Crippen molar-refractivity contribution in [1.82, 2.24) is 15.0 Å². The number of amides is 1. The Morgan fingerprint density at radius 2 is 2.04 bits per heavy atom. The quantitative estimate of drug-likeness (QED) is 0.548. The summed E-state index contributed by atoms with van der Waals surface area (Å²) in [6.07, 6.45) is 6.74. The Kier molecular flexibility index (Phi) is 4.68. The summed E-state index contributed by atoms with van der Waals surface area (Å²) in [5, 5.41) is 19.6. The number of rotatable bonds is 4. The Labute approximate surface area is 153 Å². The molecule has 0 saturated carbocycles. The molecular formula is C19H13FN4O3. The van der Waals surface area contributed by atoms with E-state index in [4.69, 9.17) is 6.42 Å². The number of aromatic hydroxyl groups is 1. The minimum atomic E-state index is -0.774. The normalized spacial score (nSPS) is 10.3. The lowest BCUT2D eigenvalue weighted by atomic mass is 10.1. The van der Waals surface area contributed by atoms with Crippen molar-refractivity contribution < 1.29 is 19.1 Å². The van der Waals surface area contributed by atoms with E-state index in [-0.39, 0.29) is 11.5 Å². The fourth-order valence-electron chi connectivity index (χ4n) is 2.32. The molecule has 0 spiro atoms. The fourth-order valence-corrected chi connectivity index (χ4v) is 2.32. The number of hydrogen-bond donors (Lipinski definition) is 2. The van der Waals surface area contributed by atoms with E-state index in [0.717, 1.165) is 12.1 Å². The Morgan fingerprint density at radius 3 is 2.70 bits per heavy atom. The molecule has 1 heterocycles. The molecule has 0 aliphatic rings. The van der Waals surface area contributed by atoms with Crippen molar-refractivity contribution in [2.75, 3.05) is 5.32 Å².